The van der Waals surface area contributed by atoms with E-state index in [1.165, 1.54) is 5.56 Å². The number of hydrogen-bond acceptors (Lipinski definition) is 4. The van der Waals surface area contributed by atoms with E-state index in [9.17, 15) is 4.79 Å². The summed E-state index contributed by atoms with van der Waals surface area (Å²) in [5.74, 6) is 0.0851. The Hall–Kier alpha value is -0.850. The number of amides is 1. The molecular weight excluding hydrogens is 349 g/mol. The number of hydrogen-bond donors (Lipinski definition) is 2. The first-order chi connectivity index (χ1) is 10.7. The van der Waals surface area contributed by atoms with Crippen LogP contribution in [0.15, 0.2) is 18.2 Å². The summed E-state index contributed by atoms with van der Waals surface area (Å²) in [4.78, 5) is 14.4. The molecule has 0 unspecified atom stereocenters. The van der Waals surface area contributed by atoms with Crippen LogP contribution in [0.3, 0.4) is 0 Å². The van der Waals surface area contributed by atoms with Gasteiger partial charge in [0, 0.05) is 31.7 Å². The molecule has 0 aromatic heterocycles. The van der Waals surface area contributed by atoms with Crippen molar-refractivity contribution in [3.63, 3.8) is 0 Å². The van der Waals surface area contributed by atoms with E-state index in [1.54, 1.807) is 0 Å². The molecule has 1 saturated heterocycles. The lowest BCUT2D eigenvalue weighted by Crippen LogP contribution is -2.35. The van der Waals surface area contributed by atoms with Crippen molar-refractivity contribution in [3.8, 4) is 0 Å². The second-order valence-electron chi connectivity index (χ2n) is 5.79. The summed E-state index contributed by atoms with van der Waals surface area (Å²) in [6.07, 6.45) is 1.41. The van der Waals surface area contributed by atoms with Crippen LogP contribution < -0.4 is 10.6 Å². The fraction of sp³-hybridized carbons (Fsp3) is 0.588. The van der Waals surface area contributed by atoms with Crippen LogP contribution >= 0.6 is 24.8 Å². The summed E-state index contributed by atoms with van der Waals surface area (Å²) >= 11 is 0. The lowest BCUT2D eigenvalue weighted by Gasteiger charge is -2.26. The van der Waals surface area contributed by atoms with Gasteiger partial charge in [0.2, 0.25) is 5.91 Å². The number of ether oxygens (including phenoxy) is 1. The highest BCUT2D eigenvalue weighted by Crippen LogP contribution is 2.19. The van der Waals surface area contributed by atoms with E-state index >= 15 is 0 Å². The van der Waals surface area contributed by atoms with E-state index in [0.717, 1.165) is 57.1 Å². The molecule has 1 amide bonds. The Morgan fingerprint density at radius 3 is 2.62 bits per heavy atom. The molecule has 1 aromatic carbocycles. The molecule has 0 radical (unpaired) electrons. The Morgan fingerprint density at radius 1 is 1.25 bits per heavy atom. The van der Waals surface area contributed by atoms with Crippen LogP contribution in [0, 0.1) is 6.92 Å². The third kappa shape index (κ3) is 7.81. The third-order valence-corrected chi connectivity index (χ3v) is 3.92. The van der Waals surface area contributed by atoms with Crippen LogP contribution in [0.2, 0.25) is 0 Å². The Morgan fingerprint density at radius 2 is 1.96 bits per heavy atom. The standard InChI is InChI=1S/C17H27N3O2.2ClH/c1-14-5-6-15(13-20-8-10-22-11-9-20)12-16(14)19-17(21)4-3-7-18-2;;/h5-6,12,18H,3-4,7-11,13H2,1-2H3,(H,19,21);2*1H. The summed E-state index contributed by atoms with van der Waals surface area (Å²) in [6, 6.07) is 6.32. The maximum absolute atomic E-state index is 12.0. The molecule has 5 nitrogen and oxygen atoms in total. The Labute approximate surface area is 157 Å². The number of halogens is 2. The molecule has 1 aromatic rings. The molecule has 2 rings (SSSR count). The number of benzene rings is 1. The summed E-state index contributed by atoms with van der Waals surface area (Å²) in [5, 5.41) is 6.09. The predicted molar refractivity (Wildman–Crippen MR) is 104 cm³/mol. The van der Waals surface area contributed by atoms with Crippen molar-refractivity contribution in [2.45, 2.75) is 26.3 Å². The van der Waals surface area contributed by atoms with E-state index in [0.29, 0.717) is 6.42 Å². The number of anilines is 1. The maximum atomic E-state index is 12.0. The van der Waals surface area contributed by atoms with Crippen LogP contribution in [0.4, 0.5) is 5.69 Å². The third-order valence-electron chi connectivity index (χ3n) is 3.92. The minimum absolute atomic E-state index is 0. The molecule has 1 heterocycles. The van der Waals surface area contributed by atoms with Gasteiger partial charge in [-0.1, -0.05) is 12.1 Å². The van der Waals surface area contributed by atoms with Gasteiger partial charge in [-0.05, 0) is 44.1 Å². The van der Waals surface area contributed by atoms with Crippen molar-refractivity contribution >= 4 is 36.4 Å². The number of aryl methyl sites for hydroxylation is 1. The largest absolute Gasteiger partial charge is 0.379 e. The van der Waals surface area contributed by atoms with Crippen molar-refractivity contribution < 1.29 is 9.53 Å². The van der Waals surface area contributed by atoms with Crippen molar-refractivity contribution in [3.05, 3.63) is 29.3 Å². The molecule has 2 N–H and O–H groups in total. The van der Waals surface area contributed by atoms with Gasteiger partial charge in [0.1, 0.15) is 0 Å². The van der Waals surface area contributed by atoms with Crippen molar-refractivity contribution in [2.24, 2.45) is 0 Å². The molecule has 1 aliphatic heterocycles. The zero-order valence-electron chi connectivity index (χ0n) is 14.5. The second kappa shape index (κ2) is 12.5. The Bertz CT molecular complexity index is 495. The molecule has 0 bridgehead atoms. The highest BCUT2D eigenvalue weighted by Gasteiger charge is 2.12. The molecule has 0 spiro atoms. The molecule has 24 heavy (non-hydrogen) atoms. The highest BCUT2D eigenvalue weighted by molar-refractivity contribution is 5.91. The van der Waals surface area contributed by atoms with E-state index in [1.807, 2.05) is 14.0 Å². The van der Waals surface area contributed by atoms with Gasteiger partial charge in [0.25, 0.3) is 0 Å². The molecule has 1 fully saturated rings. The van der Waals surface area contributed by atoms with E-state index in [-0.39, 0.29) is 30.7 Å². The number of rotatable bonds is 7. The number of carbonyl (C=O) groups excluding carboxylic acids is 1. The average molecular weight is 378 g/mol. The monoisotopic (exact) mass is 377 g/mol. The van der Waals surface area contributed by atoms with Gasteiger partial charge in [-0.3, -0.25) is 9.69 Å². The van der Waals surface area contributed by atoms with Gasteiger partial charge in [0.15, 0.2) is 0 Å². The van der Waals surface area contributed by atoms with E-state index < -0.39 is 0 Å². The van der Waals surface area contributed by atoms with Crippen molar-refractivity contribution in [1.82, 2.24) is 10.2 Å². The van der Waals surface area contributed by atoms with E-state index in [4.69, 9.17) is 4.74 Å². The number of nitrogens with one attached hydrogen (secondary N) is 2. The van der Waals surface area contributed by atoms with Gasteiger partial charge in [-0.2, -0.15) is 0 Å². The molecule has 0 aliphatic carbocycles. The summed E-state index contributed by atoms with van der Waals surface area (Å²) in [5.41, 5.74) is 3.27. The van der Waals surface area contributed by atoms with Crippen LogP contribution in [-0.2, 0) is 16.1 Å². The number of nitrogens with zero attached hydrogens (tertiary/aromatic N) is 1. The van der Waals surface area contributed by atoms with Gasteiger partial charge >= 0.3 is 0 Å². The molecular formula is C17H29Cl2N3O2. The Kier molecular flexibility index (Phi) is 12.1. The van der Waals surface area contributed by atoms with Gasteiger partial charge in [-0.15, -0.1) is 24.8 Å². The zero-order valence-corrected chi connectivity index (χ0v) is 16.1. The van der Waals surface area contributed by atoms with Crippen LogP contribution in [0.5, 0.6) is 0 Å². The van der Waals surface area contributed by atoms with Crippen molar-refractivity contribution in [1.29, 1.82) is 0 Å². The lowest BCUT2D eigenvalue weighted by atomic mass is 10.1. The first-order valence-corrected chi connectivity index (χ1v) is 8.03. The summed E-state index contributed by atoms with van der Waals surface area (Å²) in [7, 11) is 1.90. The minimum Gasteiger partial charge on any atom is -0.379 e. The second-order valence-corrected chi connectivity index (χ2v) is 5.79. The summed E-state index contributed by atoms with van der Waals surface area (Å²) < 4.78 is 5.38. The topological polar surface area (TPSA) is 53.6 Å². The number of morpholine rings is 1. The first-order valence-electron chi connectivity index (χ1n) is 8.03. The first kappa shape index (κ1) is 23.1. The summed E-state index contributed by atoms with van der Waals surface area (Å²) in [6.45, 7) is 7.36. The Balaban J connectivity index is 0.00000264. The average Bonchev–Trinajstić information content (AvgIpc) is 2.52. The molecule has 0 atom stereocenters. The van der Waals surface area contributed by atoms with Crippen LogP contribution in [0.25, 0.3) is 0 Å². The van der Waals surface area contributed by atoms with Gasteiger partial charge < -0.3 is 15.4 Å². The highest BCUT2D eigenvalue weighted by atomic mass is 35.5. The van der Waals surface area contributed by atoms with Crippen LogP contribution in [-0.4, -0.2) is 50.7 Å². The molecule has 1 aliphatic rings. The van der Waals surface area contributed by atoms with Gasteiger partial charge in [0.05, 0.1) is 13.2 Å². The minimum atomic E-state index is 0. The molecule has 0 saturated carbocycles. The fourth-order valence-corrected chi connectivity index (χ4v) is 2.56. The SMILES string of the molecule is CNCCCC(=O)Nc1cc(CN2CCOCC2)ccc1C.Cl.Cl. The molecule has 138 valence electrons. The fourth-order valence-electron chi connectivity index (χ4n) is 2.56. The normalized spacial score (nSPS) is 14.4. The van der Waals surface area contributed by atoms with Crippen molar-refractivity contribution in [2.75, 3.05) is 45.2 Å². The van der Waals surface area contributed by atoms with Crippen LogP contribution in [0.1, 0.15) is 24.0 Å². The maximum Gasteiger partial charge on any atom is 0.224 e. The quantitative estimate of drug-likeness (QED) is 0.717. The number of carbonyl (C=O) groups is 1. The smallest absolute Gasteiger partial charge is 0.224 e. The molecule has 7 heteroatoms. The van der Waals surface area contributed by atoms with E-state index in [2.05, 4.69) is 33.7 Å². The zero-order chi connectivity index (χ0) is 15.8. The lowest BCUT2D eigenvalue weighted by molar-refractivity contribution is -0.116. The predicted octanol–water partition coefficient (Wildman–Crippen LogP) is 2.61. The van der Waals surface area contributed by atoms with Gasteiger partial charge in [-0.25, -0.2) is 0 Å².